The SMILES string of the molecule is N#Cc1cc(-c2nc(-c3cccc(-c4ccccc4)c3)nc(-c3cccc(-c4ccccc4)c3)n2)ccc1-n1c2ccccc2c2ccc3c(c4ccccc4n3-c3cccc4c3sc3ccccc34)c21. The lowest BCUT2D eigenvalue weighted by atomic mass is 10.0. The second kappa shape index (κ2) is 16.3. The minimum atomic E-state index is 0.478. The van der Waals surface area contributed by atoms with Crippen LogP contribution in [0, 0.1) is 11.3 Å². The Labute approximate surface area is 412 Å². The molecule has 0 atom stereocenters. The maximum atomic E-state index is 11.3. The molecule has 330 valence electrons. The van der Waals surface area contributed by atoms with E-state index >= 15 is 0 Å². The van der Waals surface area contributed by atoms with Crippen molar-refractivity contribution in [2.24, 2.45) is 0 Å². The van der Waals surface area contributed by atoms with Crippen LogP contribution in [-0.2, 0) is 0 Å². The van der Waals surface area contributed by atoms with Gasteiger partial charge < -0.3 is 9.13 Å². The molecule has 0 fully saturated rings. The predicted octanol–water partition coefficient (Wildman–Crippen LogP) is 16.6. The van der Waals surface area contributed by atoms with E-state index in [4.69, 9.17) is 15.0 Å². The monoisotopic (exact) mass is 922 g/mol. The van der Waals surface area contributed by atoms with Crippen molar-refractivity contribution in [1.82, 2.24) is 24.1 Å². The van der Waals surface area contributed by atoms with E-state index in [1.54, 1.807) is 0 Å². The van der Waals surface area contributed by atoms with Gasteiger partial charge in [0, 0.05) is 53.7 Å². The van der Waals surface area contributed by atoms with Gasteiger partial charge in [0.05, 0.1) is 43.7 Å². The lowest BCUT2D eigenvalue weighted by Crippen LogP contribution is -2.02. The number of aromatic nitrogens is 5. The van der Waals surface area contributed by atoms with E-state index in [2.05, 4.69) is 173 Å². The van der Waals surface area contributed by atoms with Gasteiger partial charge in [0.15, 0.2) is 17.5 Å². The zero-order valence-corrected chi connectivity index (χ0v) is 38.8. The minimum Gasteiger partial charge on any atom is -0.308 e. The van der Waals surface area contributed by atoms with Gasteiger partial charge in [0.2, 0.25) is 0 Å². The van der Waals surface area contributed by atoms with Gasteiger partial charge in [-0.05, 0) is 82.9 Å². The molecule has 0 N–H and O–H groups in total. The smallest absolute Gasteiger partial charge is 0.164 e. The highest BCUT2D eigenvalue weighted by molar-refractivity contribution is 7.26. The quantitative estimate of drug-likeness (QED) is 0.160. The molecule has 4 aromatic heterocycles. The standard InChI is InChI=1S/C64H38N6S/c65-39-47-38-46(64-67-62(44-22-13-20-42(36-44)40-16-3-1-4-17-40)66-63(68-64)45-23-14-21-43(37-45)41-18-5-2-6-19-41)32-34-53(47)70-54-28-10-7-24-48(54)50-33-35-56-59(60(50)70)52-26-8-11-29-55(52)69(56)57-30-15-27-51-49-25-9-12-31-58(49)71-61(51)57/h1-38H. The fourth-order valence-electron chi connectivity index (χ4n) is 10.6. The molecule has 0 aliphatic rings. The van der Waals surface area contributed by atoms with Crippen LogP contribution in [0.4, 0.5) is 0 Å². The maximum absolute atomic E-state index is 11.3. The van der Waals surface area contributed by atoms with E-state index in [0.717, 1.165) is 88.4 Å². The summed E-state index contributed by atoms with van der Waals surface area (Å²) in [6.07, 6.45) is 0. The predicted molar refractivity (Wildman–Crippen MR) is 293 cm³/mol. The highest BCUT2D eigenvalue weighted by Gasteiger charge is 2.24. The van der Waals surface area contributed by atoms with Crippen LogP contribution in [0.3, 0.4) is 0 Å². The third-order valence-electron chi connectivity index (χ3n) is 13.8. The molecule has 10 aromatic carbocycles. The molecule has 4 heterocycles. The zero-order valence-electron chi connectivity index (χ0n) is 38.0. The molecule has 0 unspecified atom stereocenters. The van der Waals surface area contributed by atoms with Gasteiger partial charge in [-0.25, -0.2) is 15.0 Å². The van der Waals surface area contributed by atoms with Crippen molar-refractivity contribution < 1.29 is 0 Å². The Balaban J connectivity index is 0.979. The number of nitrogens with zero attached hydrogens (tertiary/aromatic N) is 6. The van der Waals surface area contributed by atoms with Crippen LogP contribution in [0.1, 0.15) is 5.56 Å². The third kappa shape index (κ3) is 6.58. The van der Waals surface area contributed by atoms with Crippen molar-refractivity contribution in [1.29, 1.82) is 5.26 Å². The van der Waals surface area contributed by atoms with Gasteiger partial charge in [0.1, 0.15) is 6.07 Å². The summed E-state index contributed by atoms with van der Waals surface area (Å²) in [6, 6.07) is 83.1. The fraction of sp³-hybridized carbons (Fsp3) is 0. The molecule has 71 heavy (non-hydrogen) atoms. The fourth-order valence-corrected chi connectivity index (χ4v) is 11.8. The summed E-state index contributed by atoms with van der Waals surface area (Å²) in [5.41, 5.74) is 13.5. The summed E-state index contributed by atoms with van der Waals surface area (Å²) in [6.45, 7) is 0. The summed E-state index contributed by atoms with van der Waals surface area (Å²) in [4.78, 5) is 15.5. The van der Waals surface area contributed by atoms with Gasteiger partial charge >= 0.3 is 0 Å². The number of rotatable bonds is 7. The Kier molecular flexibility index (Phi) is 9.34. The molecule has 7 heteroatoms. The van der Waals surface area contributed by atoms with Crippen molar-refractivity contribution in [3.8, 4) is 73.9 Å². The van der Waals surface area contributed by atoms with Crippen LogP contribution < -0.4 is 0 Å². The van der Waals surface area contributed by atoms with E-state index in [1.165, 1.54) is 20.2 Å². The number of hydrogen-bond acceptors (Lipinski definition) is 5. The average Bonchev–Trinajstić information content (AvgIpc) is 4.11. The first kappa shape index (κ1) is 40.6. The number of nitriles is 1. The second-order valence-corrected chi connectivity index (χ2v) is 18.9. The third-order valence-corrected chi connectivity index (χ3v) is 15.0. The normalized spacial score (nSPS) is 11.6. The van der Waals surface area contributed by atoms with Gasteiger partial charge in [-0.15, -0.1) is 11.3 Å². The molecule has 14 aromatic rings. The molecule has 0 amide bonds. The minimum absolute atomic E-state index is 0.478. The molecule has 0 radical (unpaired) electrons. The van der Waals surface area contributed by atoms with E-state index < -0.39 is 0 Å². The lowest BCUT2D eigenvalue weighted by Gasteiger charge is -2.14. The van der Waals surface area contributed by atoms with Gasteiger partial charge in [-0.3, -0.25) is 0 Å². The highest BCUT2D eigenvalue weighted by Crippen LogP contribution is 2.45. The van der Waals surface area contributed by atoms with E-state index in [9.17, 15) is 5.26 Å². The van der Waals surface area contributed by atoms with Crippen molar-refractivity contribution in [3.63, 3.8) is 0 Å². The number of fused-ring (bicyclic) bond motifs is 10. The largest absolute Gasteiger partial charge is 0.308 e. The summed E-state index contributed by atoms with van der Waals surface area (Å²) in [7, 11) is 0. The van der Waals surface area contributed by atoms with Crippen molar-refractivity contribution >= 4 is 75.1 Å². The lowest BCUT2D eigenvalue weighted by molar-refractivity contribution is 1.07. The summed E-state index contributed by atoms with van der Waals surface area (Å²) in [5.74, 6) is 1.57. The summed E-state index contributed by atoms with van der Waals surface area (Å²) >= 11 is 1.84. The molecule has 0 saturated carbocycles. The zero-order chi connectivity index (χ0) is 47.0. The molecule has 0 saturated heterocycles. The number of benzene rings is 10. The molecule has 6 nitrogen and oxygen atoms in total. The first-order valence-electron chi connectivity index (χ1n) is 23.7. The average molecular weight is 923 g/mol. The molecular weight excluding hydrogens is 885 g/mol. The molecule has 14 rings (SSSR count). The molecular formula is C64H38N6S. The Bertz CT molecular complexity index is 4380. The van der Waals surface area contributed by atoms with Crippen LogP contribution in [0.25, 0.3) is 132 Å². The summed E-state index contributed by atoms with van der Waals surface area (Å²) in [5, 5.41) is 18.3. The highest BCUT2D eigenvalue weighted by atomic mass is 32.1. The number of thiophene rings is 1. The van der Waals surface area contributed by atoms with Crippen LogP contribution >= 0.6 is 11.3 Å². The first-order valence-corrected chi connectivity index (χ1v) is 24.5. The van der Waals surface area contributed by atoms with Gasteiger partial charge in [-0.2, -0.15) is 5.26 Å². The molecule has 0 aliphatic heterocycles. The number of para-hydroxylation sites is 2. The Morgan fingerprint density at radius 3 is 1.54 bits per heavy atom. The summed E-state index contributed by atoms with van der Waals surface area (Å²) < 4.78 is 7.24. The van der Waals surface area contributed by atoms with Crippen LogP contribution in [0.2, 0.25) is 0 Å². The van der Waals surface area contributed by atoms with E-state index in [-0.39, 0.29) is 0 Å². The second-order valence-electron chi connectivity index (χ2n) is 17.9. The topological polar surface area (TPSA) is 72.3 Å². The Morgan fingerprint density at radius 2 is 0.873 bits per heavy atom. The first-order chi connectivity index (χ1) is 35.2. The molecule has 0 bridgehead atoms. The van der Waals surface area contributed by atoms with Crippen LogP contribution in [0.5, 0.6) is 0 Å². The van der Waals surface area contributed by atoms with Crippen molar-refractivity contribution in [2.75, 3.05) is 0 Å². The van der Waals surface area contributed by atoms with Crippen LogP contribution in [0.15, 0.2) is 231 Å². The Hall–Kier alpha value is -9.48. The van der Waals surface area contributed by atoms with Crippen LogP contribution in [-0.4, -0.2) is 24.1 Å². The maximum Gasteiger partial charge on any atom is 0.164 e. The van der Waals surface area contributed by atoms with E-state index in [0.29, 0.717) is 28.6 Å². The molecule has 0 spiro atoms. The number of hydrogen-bond donors (Lipinski definition) is 0. The molecule has 0 aliphatic carbocycles. The van der Waals surface area contributed by atoms with E-state index in [1.807, 2.05) is 84.1 Å². The van der Waals surface area contributed by atoms with Gasteiger partial charge in [-0.1, -0.05) is 170 Å². The Morgan fingerprint density at radius 1 is 0.352 bits per heavy atom. The van der Waals surface area contributed by atoms with Crippen molar-refractivity contribution in [3.05, 3.63) is 236 Å². The van der Waals surface area contributed by atoms with Crippen molar-refractivity contribution in [2.45, 2.75) is 0 Å². The van der Waals surface area contributed by atoms with Gasteiger partial charge in [0.25, 0.3) is 0 Å².